The SMILES string of the molecule is COc1ccccc1C(C)=CN1CC2C3(c4ccc(C)cc4)CCC(c4ccccc43)C2(C(=O)NO)C1. The molecule has 1 heterocycles. The van der Waals surface area contributed by atoms with Crippen LogP contribution in [0.1, 0.15) is 53.5 Å². The molecule has 0 aromatic heterocycles. The second-order valence-electron chi connectivity index (χ2n) is 11.0. The quantitative estimate of drug-likeness (QED) is 0.355. The number of ether oxygens (including phenoxy) is 1. The zero-order valence-corrected chi connectivity index (χ0v) is 21.7. The van der Waals surface area contributed by atoms with Crippen molar-refractivity contribution in [2.75, 3.05) is 20.2 Å². The van der Waals surface area contributed by atoms with E-state index in [9.17, 15) is 10.0 Å². The van der Waals surface area contributed by atoms with E-state index in [0.717, 1.165) is 36.3 Å². The molecule has 4 atom stereocenters. The summed E-state index contributed by atoms with van der Waals surface area (Å²) in [6, 6.07) is 25.6. The number of likely N-dealkylation sites (tertiary alicyclic amines) is 1. The summed E-state index contributed by atoms with van der Waals surface area (Å²) in [5.74, 6) is 0.640. The molecule has 4 unspecified atom stereocenters. The van der Waals surface area contributed by atoms with E-state index in [2.05, 4.69) is 85.0 Å². The highest BCUT2D eigenvalue weighted by atomic mass is 16.5. The number of fused-ring (bicyclic) bond motifs is 1. The molecular weight excluding hydrogens is 460 g/mol. The maximum absolute atomic E-state index is 13.8. The van der Waals surface area contributed by atoms with Crippen LogP contribution in [0.15, 0.2) is 79.0 Å². The number of rotatable bonds is 5. The van der Waals surface area contributed by atoms with Gasteiger partial charge in [0.25, 0.3) is 5.91 Å². The summed E-state index contributed by atoms with van der Waals surface area (Å²) < 4.78 is 5.61. The highest BCUT2D eigenvalue weighted by Gasteiger charge is 2.69. The van der Waals surface area contributed by atoms with E-state index in [4.69, 9.17) is 4.74 Å². The van der Waals surface area contributed by atoms with Crippen LogP contribution in [0.4, 0.5) is 0 Å². The number of nitrogens with one attached hydrogen (secondary N) is 1. The fraction of sp³-hybridized carbons (Fsp3) is 0.344. The van der Waals surface area contributed by atoms with Crippen molar-refractivity contribution in [1.82, 2.24) is 10.4 Å². The number of carbonyl (C=O) groups excluding carboxylic acids is 1. The topological polar surface area (TPSA) is 61.8 Å². The third-order valence-corrected chi connectivity index (χ3v) is 9.36. The number of amides is 1. The molecule has 1 amide bonds. The Morgan fingerprint density at radius 3 is 2.57 bits per heavy atom. The summed E-state index contributed by atoms with van der Waals surface area (Å²) in [5, 5.41) is 10.1. The summed E-state index contributed by atoms with van der Waals surface area (Å²) in [6.07, 6.45) is 4.08. The van der Waals surface area contributed by atoms with Gasteiger partial charge < -0.3 is 9.64 Å². The first-order valence-corrected chi connectivity index (χ1v) is 13.1. The number of nitrogens with zero attached hydrogens (tertiary/aromatic N) is 1. The molecule has 1 saturated heterocycles. The predicted molar refractivity (Wildman–Crippen MR) is 144 cm³/mol. The van der Waals surface area contributed by atoms with Crippen LogP contribution in [-0.2, 0) is 10.2 Å². The number of methoxy groups -OCH3 is 1. The lowest BCUT2D eigenvalue weighted by atomic mass is 9.42. The zero-order valence-electron chi connectivity index (χ0n) is 21.7. The standard InChI is InChI=1S/C32H34N2O3/c1-21-12-14-23(15-13-21)31-17-16-27(25-9-4-6-10-26(25)31)32(30(35)33-36)20-34(19-29(31)32)18-22(2)24-8-5-7-11-28(24)37-3/h4-15,18,27,29,36H,16-17,19-20H2,1-3H3,(H,33,35). The smallest absolute Gasteiger partial charge is 0.252 e. The Morgan fingerprint density at radius 2 is 1.81 bits per heavy atom. The van der Waals surface area contributed by atoms with E-state index < -0.39 is 5.41 Å². The predicted octanol–water partition coefficient (Wildman–Crippen LogP) is 5.67. The van der Waals surface area contributed by atoms with Crippen molar-refractivity contribution in [2.45, 2.75) is 38.0 Å². The van der Waals surface area contributed by atoms with Crippen molar-refractivity contribution in [3.05, 3.63) is 107 Å². The number of hydrogen-bond donors (Lipinski definition) is 2. The number of carbonyl (C=O) groups is 1. The van der Waals surface area contributed by atoms with Crippen LogP contribution in [0, 0.1) is 18.3 Å². The molecule has 190 valence electrons. The van der Waals surface area contributed by atoms with Gasteiger partial charge in [0.15, 0.2) is 0 Å². The molecule has 3 aromatic carbocycles. The maximum Gasteiger partial charge on any atom is 0.252 e. The number of hydroxylamine groups is 1. The molecule has 2 N–H and O–H groups in total. The fourth-order valence-corrected chi connectivity index (χ4v) is 7.88. The van der Waals surface area contributed by atoms with Crippen LogP contribution in [-0.4, -0.2) is 36.2 Å². The second-order valence-corrected chi connectivity index (χ2v) is 11.0. The lowest BCUT2D eigenvalue weighted by Gasteiger charge is -2.59. The van der Waals surface area contributed by atoms with Crippen LogP contribution < -0.4 is 10.2 Å². The monoisotopic (exact) mass is 494 g/mol. The average molecular weight is 495 g/mol. The van der Waals surface area contributed by atoms with Crippen LogP contribution in [0.3, 0.4) is 0 Å². The van der Waals surface area contributed by atoms with Crippen LogP contribution in [0.5, 0.6) is 5.75 Å². The molecular formula is C32H34N2O3. The first-order chi connectivity index (χ1) is 18.0. The second kappa shape index (κ2) is 8.77. The summed E-state index contributed by atoms with van der Waals surface area (Å²) in [5.41, 5.74) is 8.28. The Morgan fingerprint density at radius 1 is 1.08 bits per heavy atom. The number of benzene rings is 3. The highest BCUT2D eigenvalue weighted by Crippen LogP contribution is 2.69. The summed E-state index contributed by atoms with van der Waals surface area (Å²) in [6.45, 7) is 5.50. The highest BCUT2D eigenvalue weighted by molar-refractivity contribution is 5.86. The van der Waals surface area contributed by atoms with Crippen LogP contribution in [0.25, 0.3) is 5.57 Å². The molecule has 2 bridgehead atoms. The Kier molecular flexibility index (Phi) is 5.64. The molecule has 3 aliphatic carbocycles. The van der Waals surface area contributed by atoms with Crippen LogP contribution >= 0.6 is 0 Å². The van der Waals surface area contributed by atoms with Crippen molar-refractivity contribution in [1.29, 1.82) is 0 Å². The van der Waals surface area contributed by atoms with Gasteiger partial charge in [0.05, 0.1) is 12.5 Å². The zero-order chi connectivity index (χ0) is 25.8. The molecule has 5 heteroatoms. The van der Waals surface area contributed by atoms with Gasteiger partial charge in [0.2, 0.25) is 0 Å². The van der Waals surface area contributed by atoms with Crippen molar-refractivity contribution >= 4 is 11.5 Å². The molecule has 0 radical (unpaired) electrons. The molecule has 2 fully saturated rings. The molecule has 4 aliphatic rings. The normalized spacial score (nSPS) is 28.0. The lowest BCUT2D eigenvalue weighted by molar-refractivity contribution is -0.148. The first kappa shape index (κ1) is 23.8. The van der Waals surface area contributed by atoms with Gasteiger partial charge in [-0.2, -0.15) is 0 Å². The maximum atomic E-state index is 13.8. The molecule has 3 aromatic rings. The van der Waals surface area contributed by atoms with Gasteiger partial charge in [-0.25, -0.2) is 5.48 Å². The van der Waals surface area contributed by atoms with E-state index in [0.29, 0.717) is 6.54 Å². The number of aryl methyl sites for hydroxylation is 1. The Hall–Kier alpha value is -3.57. The molecule has 1 aliphatic heterocycles. The minimum atomic E-state index is -0.732. The van der Waals surface area contributed by atoms with Gasteiger partial charge in [-0.1, -0.05) is 72.3 Å². The van der Waals surface area contributed by atoms with Gasteiger partial charge in [-0.15, -0.1) is 0 Å². The lowest BCUT2D eigenvalue weighted by Crippen LogP contribution is -2.62. The van der Waals surface area contributed by atoms with E-state index >= 15 is 0 Å². The first-order valence-electron chi connectivity index (χ1n) is 13.1. The Labute approximate surface area is 218 Å². The molecule has 0 spiro atoms. The number of para-hydroxylation sites is 1. The minimum absolute atomic E-state index is 0.0187. The van der Waals surface area contributed by atoms with Crippen molar-refractivity contribution in [3.8, 4) is 5.75 Å². The Balaban J connectivity index is 1.52. The molecule has 7 rings (SSSR count). The van der Waals surface area contributed by atoms with Crippen molar-refractivity contribution < 1.29 is 14.7 Å². The molecule has 37 heavy (non-hydrogen) atoms. The number of hydrogen-bond acceptors (Lipinski definition) is 4. The largest absolute Gasteiger partial charge is 0.496 e. The van der Waals surface area contributed by atoms with E-state index in [-0.39, 0.29) is 23.2 Å². The average Bonchev–Trinajstić information content (AvgIpc) is 3.34. The van der Waals surface area contributed by atoms with Crippen LogP contribution in [0.2, 0.25) is 0 Å². The summed E-state index contributed by atoms with van der Waals surface area (Å²) >= 11 is 0. The van der Waals surface area contributed by atoms with Gasteiger partial charge in [-0.05, 0) is 55.0 Å². The molecule has 5 nitrogen and oxygen atoms in total. The third kappa shape index (κ3) is 3.30. The van der Waals surface area contributed by atoms with E-state index in [1.807, 2.05) is 18.2 Å². The van der Waals surface area contributed by atoms with Gasteiger partial charge in [-0.3, -0.25) is 10.0 Å². The summed E-state index contributed by atoms with van der Waals surface area (Å²) in [4.78, 5) is 16.1. The number of allylic oxidation sites excluding steroid dienone is 1. The van der Waals surface area contributed by atoms with Gasteiger partial charge in [0.1, 0.15) is 5.75 Å². The third-order valence-electron chi connectivity index (χ3n) is 9.36. The summed E-state index contributed by atoms with van der Waals surface area (Å²) in [7, 11) is 1.69. The van der Waals surface area contributed by atoms with E-state index in [1.165, 1.54) is 22.3 Å². The van der Waals surface area contributed by atoms with Gasteiger partial charge in [0, 0.05) is 42.1 Å². The van der Waals surface area contributed by atoms with Gasteiger partial charge >= 0.3 is 0 Å². The van der Waals surface area contributed by atoms with Crippen molar-refractivity contribution in [3.63, 3.8) is 0 Å². The minimum Gasteiger partial charge on any atom is -0.496 e. The molecule has 1 saturated carbocycles. The Bertz CT molecular complexity index is 1380. The van der Waals surface area contributed by atoms with Crippen molar-refractivity contribution in [2.24, 2.45) is 11.3 Å². The fourth-order valence-electron chi connectivity index (χ4n) is 7.88. The van der Waals surface area contributed by atoms with E-state index in [1.54, 1.807) is 7.11 Å².